The van der Waals surface area contributed by atoms with Crippen molar-refractivity contribution in [3.63, 3.8) is 0 Å². The van der Waals surface area contributed by atoms with Crippen LogP contribution in [0.4, 0.5) is 10.5 Å². The van der Waals surface area contributed by atoms with Crippen LogP contribution in [0.25, 0.3) is 0 Å². The van der Waals surface area contributed by atoms with Gasteiger partial charge < -0.3 is 15.3 Å². The van der Waals surface area contributed by atoms with Crippen LogP contribution in [0.2, 0.25) is 0 Å². The number of urea groups is 1. The van der Waals surface area contributed by atoms with Crippen molar-refractivity contribution in [3.05, 3.63) is 29.3 Å². The van der Waals surface area contributed by atoms with Crippen LogP contribution in [0.5, 0.6) is 0 Å². The quantitative estimate of drug-likeness (QED) is 0.872. The summed E-state index contributed by atoms with van der Waals surface area (Å²) in [5, 5.41) is 11.8. The lowest BCUT2D eigenvalue weighted by molar-refractivity contribution is 0.0697. The number of carbonyl (C=O) groups is 2. The maximum absolute atomic E-state index is 12.2. The summed E-state index contributed by atoms with van der Waals surface area (Å²) in [6.07, 6.45) is 1.02. The lowest BCUT2D eigenvalue weighted by atomic mass is 10.1. The van der Waals surface area contributed by atoms with Gasteiger partial charge in [-0.1, -0.05) is 6.92 Å². The minimum atomic E-state index is -0.965. The average Bonchev–Trinajstić information content (AvgIpc) is 2.70. The zero-order valence-electron chi connectivity index (χ0n) is 12.0. The fraction of sp³-hybridized carbons (Fsp3) is 0.467. The first-order valence-electron chi connectivity index (χ1n) is 6.80. The van der Waals surface area contributed by atoms with Gasteiger partial charge in [-0.05, 0) is 49.9 Å². The lowest BCUT2D eigenvalue weighted by Crippen LogP contribution is -2.37. The molecule has 5 heteroatoms. The molecule has 5 nitrogen and oxygen atoms in total. The van der Waals surface area contributed by atoms with E-state index in [1.165, 1.54) is 6.07 Å². The van der Waals surface area contributed by atoms with Crippen LogP contribution in [0.15, 0.2) is 18.2 Å². The van der Waals surface area contributed by atoms with Crippen LogP contribution in [-0.2, 0) is 0 Å². The van der Waals surface area contributed by atoms with Crippen LogP contribution in [0.1, 0.15) is 36.2 Å². The minimum absolute atomic E-state index is 0.118. The average molecular weight is 276 g/mol. The number of hydrogen-bond acceptors (Lipinski definition) is 2. The molecule has 1 aliphatic rings. The van der Waals surface area contributed by atoms with Gasteiger partial charge in [-0.15, -0.1) is 0 Å². The van der Waals surface area contributed by atoms with Gasteiger partial charge in [-0.2, -0.15) is 0 Å². The van der Waals surface area contributed by atoms with Gasteiger partial charge in [0.1, 0.15) is 0 Å². The number of likely N-dealkylation sites (tertiary alicyclic amines) is 1. The molecule has 0 aliphatic carbocycles. The number of benzene rings is 1. The van der Waals surface area contributed by atoms with E-state index < -0.39 is 5.97 Å². The number of amides is 2. The summed E-state index contributed by atoms with van der Waals surface area (Å²) in [5.41, 5.74) is 1.63. The Morgan fingerprint density at radius 1 is 1.35 bits per heavy atom. The summed E-state index contributed by atoms with van der Waals surface area (Å²) in [6.45, 7) is 6.73. The lowest BCUT2D eigenvalue weighted by Gasteiger charge is -2.22. The zero-order chi connectivity index (χ0) is 14.9. The van der Waals surface area contributed by atoms with E-state index >= 15 is 0 Å². The van der Waals surface area contributed by atoms with Gasteiger partial charge in [0, 0.05) is 18.3 Å². The largest absolute Gasteiger partial charge is 0.478 e. The number of nitrogens with zero attached hydrogens (tertiary/aromatic N) is 1. The standard InChI is InChI=1S/C15H20N2O3/c1-9-6-11(3)17(8-9)15(20)16-13-5-4-12(14(18)19)7-10(13)2/h4-5,7,9,11H,6,8H2,1-3H3,(H,16,20)(H,18,19). The van der Waals surface area contributed by atoms with E-state index in [2.05, 4.69) is 12.2 Å². The maximum atomic E-state index is 12.2. The smallest absolute Gasteiger partial charge is 0.335 e. The third kappa shape index (κ3) is 2.92. The molecule has 1 saturated heterocycles. The number of carboxylic acid groups (broad SMARTS) is 1. The zero-order valence-corrected chi connectivity index (χ0v) is 12.0. The molecule has 0 spiro atoms. The monoisotopic (exact) mass is 276 g/mol. The third-order valence-electron chi connectivity index (χ3n) is 3.76. The Balaban J connectivity index is 2.10. The number of carboxylic acids is 1. The molecule has 108 valence electrons. The highest BCUT2D eigenvalue weighted by atomic mass is 16.4. The number of rotatable bonds is 2. The number of nitrogens with one attached hydrogen (secondary N) is 1. The van der Waals surface area contributed by atoms with E-state index in [1.807, 2.05) is 11.8 Å². The highest BCUT2D eigenvalue weighted by molar-refractivity contribution is 5.93. The Bertz CT molecular complexity index is 542. The van der Waals surface area contributed by atoms with E-state index in [0.29, 0.717) is 11.6 Å². The van der Waals surface area contributed by atoms with E-state index in [9.17, 15) is 9.59 Å². The Labute approximate surface area is 118 Å². The summed E-state index contributed by atoms with van der Waals surface area (Å²) >= 11 is 0. The molecule has 1 aliphatic heterocycles. The van der Waals surface area contributed by atoms with Crippen molar-refractivity contribution in [2.24, 2.45) is 5.92 Å². The van der Waals surface area contributed by atoms with Crippen molar-refractivity contribution < 1.29 is 14.7 Å². The minimum Gasteiger partial charge on any atom is -0.478 e. The van der Waals surface area contributed by atoms with Crippen molar-refractivity contribution in [2.45, 2.75) is 33.2 Å². The Kier molecular flexibility index (Phi) is 3.97. The summed E-state index contributed by atoms with van der Waals surface area (Å²) < 4.78 is 0. The van der Waals surface area contributed by atoms with Crippen molar-refractivity contribution in [3.8, 4) is 0 Å². The number of hydrogen-bond donors (Lipinski definition) is 2. The molecular weight excluding hydrogens is 256 g/mol. The van der Waals surface area contributed by atoms with Crippen molar-refractivity contribution in [1.29, 1.82) is 0 Å². The molecule has 1 aromatic rings. The summed E-state index contributed by atoms with van der Waals surface area (Å²) in [5.74, 6) is -0.445. The predicted octanol–water partition coefficient (Wildman–Crippen LogP) is 2.96. The molecular formula is C15H20N2O3. The summed E-state index contributed by atoms with van der Waals surface area (Å²) in [7, 11) is 0. The van der Waals surface area contributed by atoms with Crippen LogP contribution < -0.4 is 5.32 Å². The molecule has 1 aromatic carbocycles. The molecule has 0 radical (unpaired) electrons. The van der Waals surface area contributed by atoms with Crippen molar-refractivity contribution >= 4 is 17.7 Å². The van der Waals surface area contributed by atoms with Gasteiger partial charge in [0.2, 0.25) is 0 Å². The highest BCUT2D eigenvalue weighted by Crippen LogP contribution is 2.24. The Morgan fingerprint density at radius 2 is 2.05 bits per heavy atom. The van der Waals surface area contributed by atoms with Crippen molar-refractivity contribution in [2.75, 3.05) is 11.9 Å². The molecule has 0 aromatic heterocycles. The second kappa shape index (κ2) is 5.53. The fourth-order valence-electron chi connectivity index (χ4n) is 2.71. The van der Waals surface area contributed by atoms with Gasteiger partial charge in [-0.25, -0.2) is 9.59 Å². The van der Waals surface area contributed by atoms with Crippen LogP contribution in [-0.4, -0.2) is 34.6 Å². The Morgan fingerprint density at radius 3 is 2.55 bits per heavy atom. The molecule has 0 saturated carbocycles. The maximum Gasteiger partial charge on any atom is 0.335 e. The second-order valence-electron chi connectivity index (χ2n) is 5.61. The highest BCUT2D eigenvalue weighted by Gasteiger charge is 2.30. The number of aryl methyl sites for hydroxylation is 1. The number of anilines is 1. The normalized spacial score (nSPS) is 21.9. The summed E-state index contributed by atoms with van der Waals surface area (Å²) in [6, 6.07) is 4.83. The predicted molar refractivity (Wildman–Crippen MR) is 77.1 cm³/mol. The van der Waals surface area contributed by atoms with Gasteiger partial charge in [-0.3, -0.25) is 0 Å². The van der Waals surface area contributed by atoms with E-state index in [1.54, 1.807) is 19.1 Å². The molecule has 2 atom stereocenters. The molecule has 1 heterocycles. The summed E-state index contributed by atoms with van der Waals surface area (Å²) in [4.78, 5) is 24.9. The van der Waals surface area contributed by atoms with E-state index in [4.69, 9.17) is 5.11 Å². The molecule has 2 rings (SSSR count). The van der Waals surface area contributed by atoms with Crippen LogP contribution in [0, 0.1) is 12.8 Å². The SMILES string of the molecule is Cc1cc(C(=O)O)ccc1NC(=O)N1CC(C)CC1C. The fourth-order valence-corrected chi connectivity index (χ4v) is 2.71. The van der Waals surface area contributed by atoms with Crippen LogP contribution >= 0.6 is 0 Å². The number of aromatic carboxylic acids is 1. The van der Waals surface area contributed by atoms with Gasteiger partial charge in [0.05, 0.1) is 5.56 Å². The molecule has 0 bridgehead atoms. The number of carbonyl (C=O) groups excluding carboxylic acids is 1. The first kappa shape index (κ1) is 14.4. The molecule has 20 heavy (non-hydrogen) atoms. The molecule has 2 amide bonds. The van der Waals surface area contributed by atoms with Gasteiger partial charge in [0.25, 0.3) is 0 Å². The topological polar surface area (TPSA) is 69.6 Å². The van der Waals surface area contributed by atoms with E-state index in [0.717, 1.165) is 18.5 Å². The molecule has 1 fully saturated rings. The van der Waals surface area contributed by atoms with Crippen LogP contribution in [0.3, 0.4) is 0 Å². The van der Waals surface area contributed by atoms with Gasteiger partial charge >= 0.3 is 12.0 Å². The van der Waals surface area contributed by atoms with Gasteiger partial charge in [0.15, 0.2) is 0 Å². The third-order valence-corrected chi connectivity index (χ3v) is 3.76. The Hall–Kier alpha value is -2.04. The van der Waals surface area contributed by atoms with E-state index in [-0.39, 0.29) is 17.6 Å². The molecule has 2 N–H and O–H groups in total. The first-order valence-corrected chi connectivity index (χ1v) is 6.80. The second-order valence-corrected chi connectivity index (χ2v) is 5.61. The first-order chi connectivity index (χ1) is 9.38. The molecule has 2 unspecified atom stereocenters. The van der Waals surface area contributed by atoms with Crippen molar-refractivity contribution in [1.82, 2.24) is 4.90 Å².